The van der Waals surface area contributed by atoms with Crippen LogP contribution in [0.1, 0.15) is 18.2 Å². The van der Waals surface area contributed by atoms with E-state index in [1.807, 2.05) is 30.3 Å². The van der Waals surface area contributed by atoms with Gasteiger partial charge < -0.3 is 19.8 Å². The highest BCUT2D eigenvalue weighted by Gasteiger charge is 2.50. The highest BCUT2D eigenvalue weighted by atomic mass is 16.6. The van der Waals surface area contributed by atoms with Crippen LogP contribution in [0.25, 0.3) is 10.9 Å². The third-order valence-corrected chi connectivity index (χ3v) is 6.52. The van der Waals surface area contributed by atoms with Crippen molar-refractivity contribution >= 4 is 22.5 Å². The molecule has 6 rings (SSSR count). The van der Waals surface area contributed by atoms with Crippen molar-refractivity contribution in [3.8, 4) is 11.5 Å². The summed E-state index contributed by atoms with van der Waals surface area (Å²) in [5.74, 6) is 1.68. The van der Waals surface area contributed by atoms with E-state index in [4.69, 9.17) is 14.5 Å². The van der Waals surface area contributed by atoms with Gasteiger partial charge in [-0.25, -0.2) is 4.98 Å². The summed E-state index contributed by atoms with van der Waals surface area (Å²) in [6.45, 7) is 1.01. The molecule has 156 valence electrons. The number of nitrogens with one attached hydrogen (secondary N) is 2. The SMILES string of the molecule is O=C(Nc1ccc2c(c1)OCCO2)[C@@H]1[C@@H](c2nc3ccccc3c(=O)[nH]2)[C@H]2C=C[C@H]1C2. The van der Waals surface area contributed by atoms with Gasteiger partial charge in [-0.3, -0.25) is 9.59 Å². The van der Waals surface area contributed by atoms with E-state index in [0.717, 1.165) is 6.42 Å². The fourth-order valence-corrected chi connectivity index (χ4v) is 5.16. The Morgan fingerprint density at radius 1 is 1.03 bits per heavy atom. The first kappa shape index (κ1) is 18.2. The number of aromatic nitrogens is 2. The maximum absolute atomic E-state index is 13.4. The van der Waals surface area contributed by atoms with E-state index in [9.17, 15) is 9.59 Å². The van der Waals surface area contributed by atoms with Crippen LogP contribution >= 0.6 is 0 Å². The molecular formula is C24H21N3O4. The molecule has 0 unspecified atom stereocenters. The van der Waals surface area contributed by atoms with E-state index in [1.165, 1.54) is 0 Å². The first-order valence-electron chi connectivity index (χ1n) is 10.6. The topological polar surface area (TPSA) is 93.3 Å². The number of benzene rings is 2. The number of aromatic amines is 1. The van der Waals surface area contributed by atoms with Gasteiger partial charge in [0.25, 0.3) is 5.56 Å². The molecule has 7 heteroatoms. The molecule has 0 radical (unpaired) electrons. The molecule has 1 aromatic heterocycles. The maximum Gasteiger partial charge on any atom is 0.258 e. The summed E-state index contributed by atoms with van der Waals surface area (Å²) >= 11 is 0. The summed E-state index contributed by atoms with van der Waals surface area (Å²) in [6.07, 6.45) is 5.16. The minimum Gasteiger partial charge on any atom is -0.486 e. The van der Waals surface area contributed by atoms with E-state index < -0.39 is 0 Å². The number of fused-ring (bicyclic) bond motifs is 4. The van der Waals surface area contributed by atoms with Gasteiger partial charge in [0.1, 0.15) is 19.0 Å². The summed E-state index contributed by atoms with van der Waals surface area (Å²) in [7, 11) is 0. The zero-order valence-electron chi connectivity index (χ0n) is 16.7. The number of nitrogens with zero attached hydrogens (tertiary/aromatic N) is 1. The van der Waals surface area contributed by atoms with Crippen LogP contribution in [0.2, 0.25) is 0 Å². The Morgan fingerprint density at radius 2 is 1.84 bits per heavy atom. The molecule has 1 saturated carbocycles. The number of rotatable bonds is 3. The molecule has 0 spiro atoms. The molecule has 2 N–H and O–H groups in total. The van der Waals surface area contributed by atoms with Crippen molar-refractivity contribution < 1.29 is 14.3 Å². The fourth-order valence-electron chi connectivity index (χ4n) is 5.16. The summed E-state index contributed by atoms with van der Waals surface area (Å²) in [5.41, 5.74) is 1.15. The Labute approximate surface area is 178 Å². The van der Waals surface area contributed by atoms with Crippen molar-refractivity contribution in [1.82, 2.24) is 9.97 Å². The van der Waals surface area contributed by atoms with Crippen LogP contribution in [0, 0.1) is 17.8 Å². The van der Waals surface area contributed by atoms with Gasteiger partial charge in [0.05, 0.1) is 16.8 Å². The molecule has 2 aliphatic carbocycles. The standard InChI is InChI=1S/C24H21N3O4/c28-23-16-3-1-2-4-17(16)26-22(27-23)20-13-5-6-14(11-13)21(20)24(29)25-15-7-8-18-19(12-15)31-10-9-30-18/h1-8,12-14,20-21H,9-11H2,(H,25,29)(H,26,27,28)/t13-,14-,20-,21-/m0/s1. The third-order valence-electron chi connectivity index (χ3n) is 6.52. The zero-order valence-corrected chi connectivity index (χ0v) is 16.7. The smallest absolute Gasteiger partial charge is 0.258 e. The molecule has 3 aliphatic rings. The van der Waals surface area contributed by atoms with Gasteiger partial charge in [0.2, 0.25) is 5.91 Å². The number of allylic oxidation sites excluding steroid dienone is 2. The Bertz CT molecular complexity index is 1280. The van der Waals surface area contributed by atoms with E-state index in [2.05, 4.69) is 22.5 Å². The van der Waals surface area contributed by atoms with E-state index in [-0.39, 0.29) is 35.1 Å². The second kappa shape index (κ2) is 6.97. The number of para-hydroxylation sites is 1. The second-order valence-electron chi connectivity index (χ2n) is 8.32. The first-order valence-corrected chi connectivity index (χ1v) is 10.6. The lowest BCUT2D eigenvalue weighted by atomic mass is 9.81. The number of carbonyl (C=O) groups is 1. The summed E-state index contributed by atoms with van der Waals surface area (Å²) in [6, 6.07) is 12.7. The van der Waals surface area contributed by atoms with Gasteiger partial charge >= 0.3 is 0 Å². The minimum atomic E-state index is -0.299. The van der Waals surface area contributed by atoms with E-state index >= 15 is 0 Å². The predicted octanol–water partition coefficient (Wildman–Crippen LogP) is 3.24. The number of anilines is 1. The molecule has 2 bridgehead atoms. The molecule has 3 aromatic rings. The predicted molar refractivity (Wildman–Crippen MR) is 115 cm³/mol. The number of hydrogen-bond donors (Lipinski definition) is 2. The van der Waals surface area contributed by atoms with Crippen LogP contribution < -0.4 is 20.3 Å². The van der Waals surface area contributed by atoms with Gasteiger partial charge in [0.15, 0.2) is 11.5 Å². The molecule has 1 amide bonds. The average Bonchev–Trinajstić information content (AvgIpc) is 3.41. The molecule has 2 heterocycles. The van der Waals surface area contributed by atoms with Crippen molar-refractivity contribution in [2.24, 2.45) is 17.8 Å². The lowest BCUT2D eigenvalue weighted by molar-refractivity contribution is -0.121. The average molecular weight is 415 g/mol. The number of ether oxygens (including phenoxy) is 2. The van der Waals surface area contributed by atoms with Crippen molar-refractivity contribution in [2.45, 2.75) is 12.3 Å². The van der Waals surface area contributed by atoms with Crippen LogP contribution in [0.15, 0.2) is 59.4 Å². The summed E-state index contributed by atoms with van der Waals surface area (Å²) < 4.78 is 11.2. The Morgan fingerprint density at radius 3 is 2.74 bits per heavy atom. The molecule has 31 heavy (non-hydrogen) atoms. The number of carbonyl (C=O) groups excluding carboxylic acids is 1. The van der Waals surface area contributed by atoms with Crippen LogP contribution in [-0.4, -0.2) is 29.1 Å². The molecule has 7 nitrogen and oxygen atoms in total. The van der Waals surface area contributed by atoms with Crippen molar-refractivity contribution in [3.05, 3.63) is 70.8 Å². The number of H-pyrrole nitrogens is 1. The van der Waals surface area contributed by atoms with E-state index in [0.29, 0.717) is 47.1 Å². The van der Waals surface area contributed by atoms with Crippen molar-refractivity contribution in [3.63, 3.8) is 0 Å². The third kappa shape index (κ3) is 3.00. The molecule has 2 aromatic carbocycles. The summed E-state index contributed by atoms with van der Waals surface area (Å²) in [5, 5.41) is 3.60. The zero-order chi connectivity index (χ0) is 20.9. The fraction of sp³-hybridized carbons (Fsp3) is 0.292. The summed E-state index contributed by atoms with van der Waals surface area (Å²) in [4.78, 5) is 33.7. The lowest BCUT2D eigenvalue weighted by Gasteiger charge is -2.27. The monoisotopic (exact) mass is 415 g/mol. The van der Waals surface area contributed by atoms with Crippen LogP contribution in [0.4, 0.5) is 5.69 Å². The first-order chi connectivity index (χ1) is 15.2. The van der Waals surface area contributed by atoms with Gasteiger partial charge in [-0.15, -0.1) is 0 Å². The van der Waals surface area contributed by atoms with Gasteiger partial charge in [-0.1, -0.05) is 24.3 Å². The normalized spacial score (nSPS) is 25.7. The van der Waals surface area contributed by atoms with Crippen LogP contribution in [-0.2, 0) is 4.79 Å². The largest absolute Gasteiger partial charge is 0.486 e. The highest BCUT2D eigenvalue weighted by Crippen LogP contribution is 2.52. The Hall–Kier alpha value is -3.61. The Balaban J connectivity index is 1.33. The van der Waals surface area contributed by atoms with Crippen LogP contribution in [0.5, 0.6) is 11.5 Å². The highest BCUT2D eigenvalue weighted by molar-refractivity contribution is 5.94. The Kier molecular flexibility index (Phi) is 4.09. The molecular weight excluding hydrogens is 394 g/mol. The van der Waals surface area contributed by atoms with Crippen molar-refractivity contribution in [1.29, 1.82) is 0 Å². The number of hydrogen-bond acceptors (Lipinski definition) is 5. The van der Waals surface area contributed by atoms with Gasteiger partial charge in [-0.05, 0) is 42.5 Å². The van der Waals surface area contributed by atoms with Gasteiger partial charge in [0, 0.05) is 17.7 Å². The quantitative estimate of drug-likeness (QED) is 0.641. The van der Waals surface area contributed by atoms with Gasteiger partial charge in [-0.2, -0.15) is 0 Å². The lowest BCUT2D eigenvalue weighted by Crippen LogP contribution is -2.33. The molecule has 1 fully saturated rings. The second-order valence-corrected chi connectivity index (χ2v) is 8.32. The molecule has 1 aliphatic heterocycles. The number of amides is 1. The van der Waals surface area contributed by atoms with Crippen molar-refractivity contribution in [2.75, 3.05) is 18.5 Å². The maximum atomic E-state index is 13.4. The minimum absolute atomic E-state index is 0.0747. The molecule has 0 saturated heterocycles. The van der Waals surface area contributed by atoms with Crippen LogP contribution in [0.3, 0.4) is 0 Å². The molecule has 4 atom stereocenters. The van der Waals surface area contributed by atoms with E-state index in [1.54, 1.807) is 12.1 Å².